The minimum Gasteiger partial charge on any atom is -0.482 e. The van der Waals surface area contributed by atoms with Crippen molar-refractivity contribution in [3.8, 4) is 16.9 Å². The van der Waals surface area contributed by atoms with Gasteiger partial charge in [-0.25, -0.2) is 9.37 Å². The largest absolute Gasteiger partial charge is 0.482 e. The second-order valence-corrected chi connectivity index (χ2v) is 6.92. The monoisotopic (exact) mass is 460 g/mol. The van der Waals surface area contributed by atoms with Crippen LogP contribution in [0, 0.1) is 5.82 Å². The van der Waals surface area contributed by atoms with Crippen molar-refractivity contribution in [3.05, 3.63) is 58.2 Å². The average Bonchev–Trinajstić information content (AvgIpc) is 3.29. The number of aromatic nitrogens is 3. The standard InChI is InChI=1S/C21H22Cl2FN5O/c1-12(19-16(22)2-3-17(24)20(19)23)30-18-8-13(9-27-21(18)25)14-10-28-29(11-14)15-4-6-26-7-5-15/h2-3,8-12,15,26H,4-7H2,1H3,(H2,25,27)/t12-/m1/s1/i1D3,4D2,5D2,6D2,7D2. The Labute approximate surface area is 199 Å². The summed E-state index contributed by atoms with van der Waals surface area (Å²) in [6, 6.07) is 1.27. The lowest BCUT2D eigenvalue weighted by atomic mass is 10.1. The maximum atomic E-state index is 14.2. The highest BCUT2D eigenvalue weighted by molar-refractivity contribution is 6.36. The summed E-state index contributed by atoms with van der Waals surface area (Å²) in [5.74, 6) is -1.46. The van der Waals surface area contributed by atoms with Crippen LogP contribution in [0.5, 0.6) is 5.75 Å². The summed E-state index contributed by atoms with van der Waals surface area (Å²) in [6.07, 6.45) is -4.28. The van der Waals surface area contributed by atoms with E-state index in [1.54, 1.807) is 5.32 Å². The highest BCUT2D eigenvalue weighted by Gasteiger charge is 2.21. The first kappa shape index (κ1) is 11.3. The van der Waals surface area contributed by atoms with Crippen molar-refractivity contribution in [2.75, 3.05) is 18.7 Å². The minimum absolute atomic E-state index is 0.167. The fourth-order valence-electron chi connectivity index (χ4n) is 2.71. The Kier molecular flexibility index (Phi) is 3.32. The molecular weight excluding hydrogens is 428 g/mol. The summed E-state index contributed by atoms with van der Waals surface area (Å²) in [5.41, 5.74) is 5.93. The Morgan fingerprint density at radius 2 is 2.13 bits per heavy atom. The van der Waals surface area contributed by atoms with Crippen molar-refractivity contribution in [2.45, 2.75) is 31.7 Å². The highest BCUT2D eigenvalue weighted by Crippen LogP contribution is 2.37. The first-order chi connectivity index (χ1) is 18.6. The van der Waals surface area contributed by atoms with E-state index in [-0.39, 0.29) is 33.3 Å². The molecule has 3 aromatic rings. The predicted molar refractivity (Wildman–Crippen MR) is 116 cm³/mol. The number of nitrogen functional groups attached to an aromatic ring is 1. The molecule has 0 unspecified atom stereocenters. The third-order valence-corrected chi connectivity index (χ3v) is 4.92. The molecule has 1 aliphatic heterocycles. The summed E-state index contributed by atoms with van der Waals surface area (Å²) >= 11 is 12.2. The van der Waals surface area contributed by atoms with E-state index < -0.39 is 55.6 Å². The summed E-state index contributed by atoms with van der Waals surface area (Å²) < 4.78 is 110. The number of nitrogens with two attached hydrogens (primary N) is 1. The number of rotatable bonds is 5. The zero-order valence-electron chi connectivity index (χ0n) is 26.1. The number of nitrogens with one attached hydrogen (secondary N) is 1. The number of anilines is 1. The number of benzene rings is 1. The lowest BCUT2D eigenvalue weighted by Gasteiger charge is -2.22. The fourth-order valence-corrected chi connectivity index (χ4v) is 3.28. The quantitative estimate of drug-likeness (QED) is 0.521. The predicted octanol–water partition coefficient (Wildman–Crippen LogP) is 5.04. The molecule has 6 nitrogen and oxygen atoms in total. The lowest BCUT2D eigenvalue weighted by molar-refractivity contribution is 0.227. The minimum atomic E-state index is -2.98. The van der Waals surface area contributed by atoms with Gasteiger partial charge in [0.1, 0.15) is 11.9 Å². The molecule has 2 aromatic heterocycles. The fraction of sp³-hybridized carbons (Fsp3) is 0.333. The first-order valence-corrected chi connectivity index (χ1v) is 9.27. The van der Waals surface area contributed by atoms with Crippen LogP contribution in [0.4, 0.5) is 10.2 Å². The molecule has 0 bridgehead atoms. The van der Waals surface area contributed by atoms with Crippen LogP contribution in [-0.2, 0) is 0 Å². The summed E-state index contributed by atoms with van der Waals surface area (Å²) in [7, 11) is 0. The lowest BCUT2D eigenvalue weighted by Crippen LogP contribution is -2.29. The molecule has 9 heteroatoms. The van der Waals surface area contributed by atoms with Gasteiger partial charge in [-0.05, 0) is 50.8 Å². The number of pyridine rings is 1. The maximum absolute atomic E-state index is 14.2. The molecule has 0 saturated carbocycles. The zero-order valence-corrected chi connectivity index (χ0v) is 16.6. The van der Waals surface area contributed by atoms with Gasteiger partial charge in [0, 0.05) is 49.2 Å². The Morgan fingerprint density at radius 1 is 1.33 bits per heavy atom. The van der Waals surface area contributed by atoms with E-state index in [0.717, 1.165) is 29.2 Å². The smallest absolute Gasteiger partial charge is 0.166 e. The normalized spacial score (nSPS) is 28.4. The Bertz CT molecular complexity index is 1460. The molecule has 158 valence electrons. The third-order valence-electron chi connectivity index (χ3n) is 4.21. The van der Waals surface area contributed by atoms with Crippen molar-refractivity contribution in [1.82, 2.24) is 20.1 Å². The number of nitrogens with zero attached hydrogens (tertiary/aromatic N) is 3. The first-order valence-electron chi connectivity index (χ1n) is 14.0. The second kappa shape index (κ2) is 8.79. The van der Waals surface area contributed by atoms with Crippen LogP contribution in [-0.4, -0.2) is 27.8 Å². The van der Waals surface area contributed by atoms with Gasteiger partial charge in [-0.15, -0.1) is 0 Å². The molecule has 4 rings (SSSR count). The van der Waals surface area contributed by atoms with E-state index in [4.69, 9.17) is 48.8 Å². The molecule has 3 N–H and O–H groups in total. The molecule has 0 amide bonds. The van der Waals surface area contributed by atoms with Crippen LogP contribution in [0.3, 0.4) is 0 Å². The van der Waals surface area contributed by atoms with Crippen molar-refractivity contribution in [3.63, 3.8) is 0 Å². The number of hydrogen-bond acceptors (Lipinski definition) is 5. The Hall–Kier alpha value is -2.35. The molecule has 3 heterocycles. The van der Waals surface area contributed by atoms with E-state index in [1.807, 2.05) is 0 Å². The topological polar surface area (TPSA) is 78.0 Å². The van der Waals surface area contributed by atoms with Gasteiger partial charge in [-0.1, -0.05) is 23.2 Å². The van der Waals surface area contributed by atoms with Crippen LogP contribution in [0.2, 0.25) is 10.0 Å². The van der Waals surface area contributed by atoms with Gasteiger partial charge < -0.3 is 15.8 Å². The van der Waals surface area contributed by atoms with E-state index in [2.05, 4.69) is 10.1 Å². The highest BCUT2D eigenvalue weighted by atomic mass is 35.5. The van der Waals surface area contributed by atoms with E-state index in [1.165, 1.54) is 12.3 Å². The molecule has 30 heavy (non-hydrogen) atoms. The SMILES string of the molecule is [2H]C([2H])([2H])[C@@H](Oc1cc(-c2cnn(C3C([2H])([2H])C([2H])([2H])NC([2H])([2H])C3([2H])[2H])c2)cnc1N)c1c(Cl)ccc(F)c1Cl. The molecule has 0 radical (unpaired) electrons. The summed E-state index contributed by atoms with van der Waals surface area (Å²) in [4.78, 5) is 3.99. The Morgan fingerprint density at radius 3 is 2.90 bits per heavy atom. The second-order valence-electron chi connectivity index (χ2n) is 6.14. The zero-order chi connectivity index (χ0) is 30.9. The van der Waals surface area contributed by atoms with Crippen molar-refractivity contribution < 1.29 is 24.2 Å². The molecule has 1 aromatic carbocycles. The molecule has 1 aliphatic rings. The van der Waals surface area contributed by atoms with Crippen LogP contribution < -0.4 is 15.8 Å². The molecule has 1 atom stereocenters. The molecule has 0 aliphatic carbocycles. The van der Waals surface area contributed by atoms with E-state index in [0.29, 0.717) is 0 Å². The van der Waals surface area contributed by atoms with Gasteiger partial charge in [0.2, 0.25) is 0 Å². The van der Waals surface area contributed by atoms with Gasteiger partial charge >= 0.3 is 0 Å². The van der Waals surface area contributed by atoms with Gasteiger partial charge in [0.05, 0.1) is 17.3 Å². The molecule has 1 saturated heterocycles. The van der Waals surface area contributed by atoms with Crippen molar-refractivity contribution in [2.24, 2.45) is 0 Å². The van der Waals surface area contributed by atoms with E-state index in [9.17, 15) is 4.39 Å². The van der Waals surface area contributed by atoms with Crippen LogP contribution in [0.15, 0.2) is 36.8 Å². The average molecular weight is 461 g/mol. The third kappa shape index (κ3) is 4.24. The van der Waals surface area contributed by atoms with Crippen molar-refractivity contribution in [1.29, 1.82) is 0 Å². The van der Waals surface area contributed by atoms with Gasteiger partial charge in [-0.3, -0.25) is 4.68 Å². The number of piperidine rings is 1. The maximum Gasteiger partial charge on any atom is 0.166 e. The van der Waals surface area contributed by atoms with Crippen LogP contribution in [0.25, 0.3) is 11.1 Å². The van der Waals surface area contributed by atoms with Gasteiger partial charge in [0.15, 0.2) is 11.6 Å². The molecular formula is C21H22Cl2FN5O. The van der Waals surface area contributed by atoms with Crippen LogP contribution >= 0.6 is 23.2 Å². The van der Waals surface area contributed by atoms with Gasteiger partial charge in [0.25, 0.3) is 0 Å². The Balaban J connectivity index is 1.76. The molecule has 1 fully saturated rings. The van der Waals surface area contributed by atoms with E-state index >= 15 is 0 Å². The summed E-state index contributed by atoms with van der Waals surface area (Å²) in [6.45, 7) is -8.86. The number of hydrogen-bond donors (Lipinski definition) is 2. The number of halogens is 3. The van der Waals surface area contributed by atoms with Crippen molar-refractivity contribution >= 4 is 29.0 Å². The molecule has 0 spiro atoms. The van der Waals surface area contributed by atoms with Gasteiger partial charge in [-0.2, -0.15) is 5.10 Å². The van der Waals surface area contributed by atoms with Crippen LogP contribution in [0.1, 0.15) is 52.4 Å². The number of ether oxygens (including phenoxy) is 1. The summed E-state index contributed by atoms with van der Waals surface area (Å²) in [5, 5.41) is 5.01.